The zero-order chi connectivity index (χ0) is 13.0. The van der Waals surface area contributed by atoms with Crippen LogP contribution in [0.4, 0.5) is 5.69 Å². The van der Waals surface area contributed by atoms with Crippen molar-refractivity contribution in [1.29, 1.82) is 0 Å². The molecule has 0 amide bonds. The highest BCUT2D eigenvalue weighted by atomic mass is 16.1. The summed E-state index contributed by atoms with van der Waals surface area (Å²) < 4.78 is 0. The van der Waals surface area contributed by atoms with E-state index in [0.717, 1.165) is 30.8 Å². The zero-order valence-electron chi connectivity index (χ0n) is 11.5. The lowest BCUT2D eigenvalue weighted by Gasteiger charge is -2.27. The average Bonchev–Trinajstić information content (AvgIpc) is 2.51. The fraction of sp³-hybridized carbons (Fsp3) is 0.562. The van der Waals surface area contributed by atoms with Crippen LogP contribution in [0.15, 0.2) is 24.3 Å². The van der Waals surface area contributed by atoms with Gasteiger partial charge in [-0.15, -0.1) is 0 Å². The number of nitrogens with zero attached hydrogens (tertiary/aromatic N) is 1. The lowest BCUT2D eigenvalue weighted by atomic mass is 10.0. The van der Waals surface area contributed by atoms with Crippen molar-refractivity contribution in [3.05, 3.63) is 29.8 Å². The first kappa shape index (κ1) is 13.1. The smallest absolute Gasteiger partial charge is 0.165 e. The van der Waals surface area contributed by atoms with E-state index in [2.05, 4.69) is 24.8 Å². The molecule has 2 heteroatoms. The van der Waals surface area contributed by atoms with Gasteiger partial charge in [-0.1, -0.05) is 32.4 Å². The topological polar surface area (TPSA) is 20.3 Å². The Kier molecular flexibility index (Phi) is 4.40. The molecule has 1 unspecified atom stereocenters. The molecule has 1 heterocycles. The van der Waals surface area contributed by atoms with Crippen molar-refractivity contribution >= 4 is 11.5 Å². The van der Waals surface area contributed by atoms with Gasteiger partial charge >= 0.3 is 0 Å². The third-order valence-electron chi connectivity index (χ3n) is 3.69. The number of fused-ring (bicyclic) bond motifs is 1. The first-order valence-corrected chi connectivity index (χ1v) is 7.09. The lowest BCUT2D eigenvalue weighted by Crippen LogP contribution is -2.29. The van der Waals surface area contributed by atoms with Gasteiger partial charge in [0.25, 0.3) is 0 Å². The van der Waals surface area contributed by atoms with E-state index in [4.69, 9.17) is 0 Å². The largest absolute Gasteiger partial charge is 0.371 e. The number of anilines is 1. The number of carbonyl (C=O) groups excluding carboxylic acids is 1. The Bertz CT molecular complexity index is 413. The van der Waals surface area contributed by atoms with Crippen molar-refractivity contribution in [3.63, 3.8) is 0 Å². The van der Waals surface area contributed by atoms with Crippen molar-refractivity contribution in [1.82, 2.24) is 0 Å². The number of para-hydroxylation sites is 1. The van der Waals surface area contributed by atoms with Gasteiger partial charge in [0, 0.05) is 30.8 Å². The second kappa shape index (κ2) is 6.03. The molecular weight excluding hydrogens is 222 g/mol. The second-order valence-electron chi connectivity index (χ2n) is 5.38. The SMILES string of the molecule is CCCC(C)CN1CCCC(=O)c2ccccc21. The fourth-order valence-electron chi connectivity index (χ4n) is 2.82. The van der Waals surface area contributed by atoms with Crippen molar-refractivity contribution < 1.29 is 4.79 Å². The Labute approximate surface area is 110 Å². The standard InChI is InChI=1S/C16H23NO/c1-3-7-13(2)12-17-11-6-10-16(18)14-8-4-5-9-15(14)17/h4-5,8-9,13H,3,6-7,10-12H2,1-2H3. The Hall–Kier alpha value is -1.31. The number of Topliss-reactive ketones (excluding diaryl/α,β-unsaturated/α-hetero) is 1. The van der Waals surface area contributed by atoms with Crippen molar-refractivity contribution in [2.24, 2.45) is 5.92 Å². The van der Waals surface area contributed by atoms with Gasteiger partial charge < -0.3 is 4.90 Å². The fourth-order valence-corrected chi connectivity index (χ4v) is 2.82. The van der Waals surface area contributed by atoms with E-state index >= 15 is 0 Å². The zero-order valence-corrected chi connectivity index (χ0v) is 11.5. The number of hydrogen-bond donors (Lipinski definition) is 0. The highest BCUT2D eigenvalue weighted by molar-refractivity contribution is 6.01. The maximum Gasteiger partial charge on any atom is 0.165 e. The minimum Gasteiger partial charge on any atom is -0.371 e. The molecule has 1 aliphatic rings. The molecule has 1 aromatic carbocycles. The minimum absolute atomic E-state index is 0.302. The first-order valence-electron chi connectivity index (χ1n) is 7.09. The molecule has 1 atom stereocenters. The molecule has 2 nitrogen and oxygen atoms in total. The van der Waals surface area contributed by atoms with Crippen LogP contribution in [0.25, 0.3) is 0 Å². The highest BCUT2D eigenvalue weighted by Gasteiger charge is 2.21. The van der Waals surface area contributed by atoms with Gasteiger partial charge in [-0.25, -0.2) is 0 Å². The van der Waals surface area contributed by atoms with Crippen LogP contribution in [-0.4, -0.2) is 18.9 Å². The van der Waals surface area contributed by atoms with Crippen molar-refractivity contribution in [2.75, 3.05) is 18.0 Å². The van der Waals surface area contributed by atoms with E-state index in [1.165, 1.54) is 12.8 Å². The Morgan fingerprint density at radius 2 is 2.11 bits per heavy atom. The van der Waals surface area contributed by atoms with Gasteiger partial charge in [-0.05, 0) is 30.9 Å². The predicted octanol–water partition coefficient (Wildman–Crippen LogP) is 3.91. The third-order valence-corrected chi connectivity index (χ3v) is 3.69. The van der Waals surface area contributed by atoms with Crippen LogP contribution in [0, 0.1) is 5.92 Å². The van der Waals surface area contributed by atoms with Crippen LogP contribution in [0.5, 0.6) is 0 Å². The molecule has 0 fully saturated rings. The molecule has 0 aliphatic carbocycles. The summed E-state index contributed by atoms with van der Waals surface area (Å²) in [5.74, 6) is 0.993. The minimum atomic E-state index is 0.302. The van der Waals surface area contributed by atoms with E-state index in [1.807, 2.05) is 18.2 Å². The number of rotatable bonds is 4. The van der Waals surface area contributed by atoms with Crippen LogP contribution in [-0.2, 0) is 0 Å². The van der Waals surface area contributed by atoms with Crippen molar-refractivity contribution in [3.8, 4) is 0 Å². The number of benzene rings is 1. The molecule has 2 rings (SSSR count). The van der Waals surface area contributed by atoms with Gasteiger partial charge in [0.1, 0.15) is 0 Å². The number of hydrogen-bond acceptors (Lipinski definition) is 2. The molecule has 0 aromatic heterocycles. The number of carbonyl (C=O) groups is 1. The predicted molar refractivity (Wildman–Crippen MR) is 76.3 cm³/mol. The van der Waals surface area contributed by atoms with Gasteiger partial charge in [-0.3, -0.25) is 4.79 Å². The highest BCUT2D eigenvalue weighted by Crippen LogP contribution is 2.27. The Morgan fingerprint density at radius 3 is 2.89 bits per heavy atom. The molecule has 0 saturated carbocycles. The van der Waals surface area contributed by atoms with Gasteiger partial charge in [0.05, 0.1) is 0 Å². The Balaban J connectivity index is 2.20. The van der Waals surface area contributed by atoms with E-state index in [-0.39, 0.29) is 0 Å². The van der Waals surface area contributed by atoms with E-state index < -0.39 is 0 Å². The normalized spacial score (nSPS) is 17.2. The monoisotopic (exact) mass is 245 g/mol. The Morgan fingerprint density at radius 1 is 1.33 bits per heavy atom. The molecule has 0 bridgehead atoms. The summed E-state index contributed by atoms with van der Waals surface area (Å²) in [6, 6.07) is 8.07. The summed E-state index contributed by atoms with van der Waals surface area (Å²) in [6.45, 7) is 6.62. The van der Waals surface area contributed by atoms with Gasteiger partial charge in [-0.2, -0.15) is 0 Å². The third kappa shape index (κ3) is 2.92. The summed E-state index contributed by atoms with van der Waals surface area (Å²) in [5, 5.41) is 0. The van der Waals surface area contributed by atoms with E-state index in [0.29, 0.717) is 18.1 Å². The molecule has 98 valence electrons. The molecule has 0 radical (unpaired) electrons. The second-order valence-corrected chi connectivity index (χ2v) is 5.38. The molecular formula is C16H23NO. The molecule has 1 aromatic rings. The van der Waals surface area contributed by atoms with Crippen molar-refractivity contribution in [2.45, 2.75) is 39.5 Å². The first-order chi connectivity index (χ1) is 8.72. The van der Waals surface area contributed by atoms with E-state index in [1.54, 1.807) is 0 Å². The van der Waals surface area contributed by atoms with Crippen LogP contribution >= 0.6 is 0 Å². The van der Waals surface area contributed by atoms with Crippen LogP contribution < -0.4 is 4.90 Å². The molecule has 1 aliphatic heterocycles. The summed E-state index contributed by atoms with van der Waals surface area (Å²) in [5.41, 5.74) is 2.06. The van der Waals surface area contributed by atoms with E-state index in [9.17, 15) is 4.79 Å². The molecule has 0 spiro atoms. The average molecular weight is 245 g/mol. The molecule has 0 saturated heterocycles. The lowest BCUT2D eigenvalue weighted by molar-refractivity contribution is 0.0984. The summed E-state index contributed by atoms with van der Waals surface area (Å²) in [4.78, 5) is 14.4. The maximum atomic E-state index is 12.0. The summed E-state index contributed by atoms with van der Waals surface area (Å²) in [7, 11) is 0. The summed E-state index contributed by atoms with van der Waals surface area (Å²) in [6.07, 6.45) is 4.16. The molecule has 0 N–H and O–H groups in total. The summed E-state index contributed by atoms with van der Waals surface area (Å²) >= 11 is 0. The molecule has 18 heavy (non-hydrogen) atoms. The van der Waals surface area contributed by atoms with Crippen LogP contribution in [0.1, 0.15) is 49.9 Å². The maximum absolute atomic E-state index is 12.0. The number of ketones is 1. The quantitative estimate of drug-likeness (QED) is 0.801. The van der Waals surface area contributed by atoms with Crippen LogP contribution in [0.2, 0.25) is 0 Å². The van der Waals surface area contributed by atoms with Gasteiger partial charge in [0.2, 0.25) is 0 Å². The van der Waals surface area contributed by atoms with Gasteiger partial charge in [0.15, 0.2) is 5.78 Å². The van der Waals surface area contributed by atoms with Crippen LogP contribution in [0.3, 0.4) is 0 Å².